The molecule has 0 bridgehead atoms. The molecular weight excluding hydrogens is 170 g/mol. The van der Waals surface area contributed by atoms with Crippen molar-refractivity contribution >= 4 is 0 Å². The second-order valence-electron chi connectivity index (χ2n) is 3.31. The van der Waals surface area contributed by atoms with Gasteiger partial charge in [-0.3, -0.25) is 9.80 Å². The molecule has 79 valence electrons. The van der Waals surface area contributed by atoms with E-state index in [1.54, 1.807) is 0 Å². The van der Waals surface area contributed by atoms with Crippen molar-refractivity contribution in [1.29, 1.82) is 0 Å². The molecule has 13 heavy (non-hydrogen) atoms. The van der Waals surface area contributed by atoms with E-state index in [9.17, 15) is 0 Å². The average Bonchev–Trinajstić information content (AvgIpc) is 2.01. The van der Waals surface area contributed by atoms with Gasteiger partial charge < -0.3 is 9.47 Å². The molecule has 0 aromatic heterocycles. The van der Waals surface area contributed by atoms with Gasteiger partial charge in [0.2, 0.25) is 0 Å². The molecule has 0 N–H and O–H groups in total. The third-order valence-corrected chi connectivity index (χ3v) is 1.06. The van der Waals surface area contributed by atoms with E-state index >= 15 is 0 Å². The Labute approximate surface area is 80.6 Å². The minimum atomic E-state index is 0.394. The normalized spacial score (nSPS) is 11.5. The van der Waals surface area contributed by atoms with Crippen LogP contribution in [0.25, 0.3) is 0 Å². The predicted molar refractivity (Wildman–Crippen MR) is 51.1 cm³/mol. The molecule has 0 saturated carbocycles. The van der Waals surface area contributed by atoms with Gasteiger partial charge in [-0.05, 0) is 28.2 Å². The molecule has 0 fully saturated rings. The first-order chi connectivity index (χ1) is 6.13. The Balaban J connectivity index is 2.92. The first kappa shape index (κ1) is 12.8. The maximum Gasteiger partial charge on any atom is 0.116 e. The average molecular weight is 190 g/mol. The molecule has 0 saturated heterocycles. The van der Waals surface area contributed by atoms with E-state index in [1.807, 2.05) is 38.0 Å². The van der Waals surface area contributed by atoms with Gasteiger partial charge in [0, 0.05) is 0 Å². The molecule has 0 aliphatic carbocycles. The van der Waals surface area contributed by atoms with Crippen LogP contribution in [0.1, 0.15) is 0 Å². The molecule has 0 rings (SSSR count). The van der Waals surface area contributed by atoms with Crippen molar-refractivity contribution in [2.45, 2.75) is 0 Å². The Morgan fingerprint density at radius 2 is 1.23 bits per heavy atom. The van der Waals surface area contributed by atoms with Crippen molar-refractivity contribution in [3.05, 3.63) is 0 Å². The van der Waals surface area contributed by atoms with Crippen LogP contribution in [-0.4, -0.2) is 64.9 Å². The molecule has 0 aromatic rings. The van der Waals surface area contributed by atoms with E-state index in [4.69, 9.17) is 9.47 Å². The van der Waals surface area contributed by atoms with Crippen molar-refractivity contribution in [3.63, 3.8) is 0 Å². The summed E-state index contributed by atoms with van der Waals surface area (Å²) in [4.78, 5) is 3.88. The molecule has 5 nitrogen and oxygen atoms in total. The van der Waals surface area contributed by atoms with E-state index in [0.29, 0.717) is 26.9 Å². The highest BCUT2D eigenvalue weighted by Gasteiger charge is 1.92. The second-order valence-corrected chi connectivity index (χ2v) is 3.31. The van der Waals surface area contributed by atoms with Crippen LogP contribution in [0.2, 0.25) is 0 Å². The molecule has 0 atom stereocenters. The first-order valence-electron chi connectivity index (χ1n) is 4.21. The van der Waals surface area contributed by atoms with Gasteiger partial charge in [-0.15, -0.1) is 0 Å². The van der Waals surface area contributed by atoms with Gasteiger partial charge in [-0.2, -0.15) is 5.32 Å². The van der Waals surface area contributed by atoms with Crippen molar-refractivity contribution in [2.75, 3.05) is 55.1 Å². The van der Waals surface area contributed by atoms with Gasteiger partial charge in [0.25, 0.3) is 0 Å². The number of hydrogen-bond acceptors (Lipinski definition) is 4. The SMILES string of the molecule is CN(C)COC[N]COCN(C)C. The zero-order valence-corrected chi connectivity index (χ0v) is 8.99. The van der Waals surface area contributed by atoms with Crippen LogP contribution in [0.3, 0.4) is 0 Å². The lowest BCUT2D eigenvalue weighted by Crippen LogP contribution is -2.23. The molecule has 0 spiro atoms. The van der Waals surface area contributed by atoms with Gasteiger partial charge in [0.1, 0.15) is 26.9 Å². The molecule has 1 radical (unpaired) electrons. The van der Waals surface area contributed by atoms with Crippen LogP contribution in [0.4, 0.5) is 0 Å². The van der Waals surface area contributed by atoms with Crippen LogP contribution in [-0.2, 0) is 9.47 Å². The Morgan fingerprint density at radius 1 is 0.846 bits per heavy atom. The Kier molecular flexibility index (Phi) is 8.27. The number of rotatable bonds is 8. The van der Waals surface area contributed by atoms with E-state index in [2.05, 4.69) is 5.32 Å². The lowest BCUT2D eigenvalue weighted by Gasteiger charge is -2.11. The quantitative estimate of drug-likeness (QED) is 0.385. The molecule has 0 aromatic carbocycles. The molecule has 0 unspecified atom stereocenters. The van der Waals surface area contributed by atoms with Crippen LogP contribution in [0, 0.1) is 0 Å². The summed E-state index contributed by atoms with van der Waals surface area (Å²) >= 11 is 0. The van der Waals surface area contributed by atoms with E-state index < -0.39 is 0 Å². The maximum atomic E-state index is 5.17. The van der Waals surface area contributed by atoms with Crippen molar-refractivity contribution in [2.24, 2.45) is 0 Å². The topological polar surface area (TPSA) is 39.0 Å². The fourth-order valence-corrected chi connectivity index (χ4v) is 0.613. The molecule has 5 heteroatoms. The lowest BCUT2D eigenvalue weighted by molar-refractivity contribution is -0.00163. The Bertz CT molecular complexity index is 97.6. The van der Waals surface area contributed by atoms with Gasteiger partial charge in [0.05, 0.1) is 0 Å². The molecule has 0 heterocycles. The van der Waals surface area contributed by atoms with Crippen LogP contribution < -0.4 is 5.32 Å². The molecular formula is C8H20N3O2. The summed E-state index contributed by atoms with van der Waals surface area (Å²) in [6.07, 6.45) is 0. The highest BCUT2D eigenvalue weighted by atomic mass is 16.5. The van der Waals surface area contributed by atoms with Crippen LogP contribution in [0.5, 0.6) is 0 Å². The lowest BCUT2D eigenvalue weighted by atomic mass is 10.9. The van der Waals surface area contributed by atoms with Gasteiger partial charge in [-0.25, -0.2) is 0 Å². The molecule has 0 aliphatic rings. The van der Waals surface area contributed by atoms with E-state index in [0.717, 1.165) is 0 Å². The maximum absolute atomic E-state index is 5.17. The number of nitrogens with zero attached hydrogens (tertiary/aromatic N) is 3. The Hall–Kier alpha value is -0.200. The third kappa shape index (κ3) is 11.8. The minimum Gasteiger partial charge on any atom is -0.349 e. The molecule has 0 amide bonds. The van der Waals surface area contributed by atoms with Crippen molar-refractivity contribution in [3.8, 4) is 0 Å². The minimum absolute atomic E-state index is 0.394. The highest BCUT2D eigenvalue weighted by Crippen LogP contribution is 1.79. The molecule has 0 aliphatic heterocycles. The largest absolute Gasteiger partial charge is 0.349 e. The van der Waals surface area contributed by atoms with Gasteiger partial charge >= 0.3 is 0 Å². The zero-order valence-electron chi connectivity index (χ0n) is 8.99. The highest BCUT2D eigenvalue weighted by molar-refractivity contribution is 4.29. The van der Waals surface area contributed by atoms with Gasteiger partial charge in [0.15, 0.2) is 0 Å². The van der Waals surface area contributed by atoms with Crippen molar-refractivity contribution in [1.82, 2.24) is 15.1 Å². The van der Waals surface area contributed by atoms with E-state index in [-0.39, 0.29) is 0 Å². The summed E-state index contributed by atoms with van der Waals surface area (Å²) in [6, 6.07) is 0. The number of ether oxygens (including phenoxy) is 2. The first-order valence-corrected chi connectivity index (χ1v) is 4.21. The monoisotopic (exact) mass is 190 g/mol. The zero-order chi connectivity index (χ0) is 10.1. The third-order valence-electron chi connectivity index (χ3n) is 1.06. The standard InChI is InChI=1S/C8H20N3O2/c1-10(2)7-12-5-9-6-13-8-11(3)4/h5-8H2,1-4H3. The van der Waals surface area contributed by atoms with E-state index in [1.165, 1.54) is 0 Å². The summed E-state index contributed by atoms with van der Waals surface area (Å²) in [6.45, 7) is 1.98. The Morgan fingerprint density at radius 3 is 1.54 bits per heavy atom. The van der Waals surface area contributed by atoms with Crippen molar-refractivity contribution < 1.29 is 9.47 Å². The summed E-state index contributed by atoms with van der Waals surface area (Å²) in [5.41, 5.74) is 0. The summed E-state index contributed by atoms with van der Waals surface area (Å²) in [5.74, 6) is 0. The summed E-state index contributed by atoms with van der Waals surface area (Å²) in [7, 11) is 7.79. The second kappa shape index (κ2) is 8.40. The number of hydrogen-bond donors (Lipinski definition) is 0. The summed E-state index contributed by atoms with van der Waals surface area (Å²) in [5, 5.41) is 4.02. The fraction of sp³-hybridized carbons (Fsp3) is 1.00. The van der Waals surface area contributed by atoms with Crippen LogP contribution in [0.15, 0.2) is 0 Å². The predicted octanol–water partition coefficient (Wildman–Crippen LogP) is -0.423. The fourth-order valence-electron chi connectivity index (χ4n) is 0.613. The van der Waals surface area contributed by atoms with Crippen LogP contribution >= 0.6 is 0 Å². The van der Waals surface area contributed by atoms with Gasteiger partial charge in [-0.1, -0.05) is 0 Å². The summed E-state index contributed by atoms with van der Waals surface area (Å²) < 4.78 is 10.3. The smallest absolute Gasteiger partial charge is 0.116 e.